The Morgan fingerprint density at radius 2 is 2.14 bits per heavy atom. The lowest BCUT2D eigenvalue weighted by atomic mass is 10.1. The van der Waals surface area contributed by atoms with Gasteiger partial charge in [-0.3, -0.25) is 14.2 Å². The number of nitrogens with one attached hydrogen (secondary N) is 4. The average molecular weight is 307 g/mol. The second kappa shape index (κ2) is 6.40. The van der Waals surface area contributed by atoms with Crippen LogP contribution in [0.1, 0.15) is 25.5 Å². The first kappa shape index (κ1) is 15.0. The van der Waals surface area contributed by atoms with E-state index in [1.54, 1.807) is 6.20 Å². The molecule has 2 aromatic heterocycles. The van der Waals surface area contributed by atoms with Gasteiger partial charge in [-0.1, -0.05) is 13.8 Å². The van der Waals surface area contributed by atoms with Crippen molar-refractivity contribution < 1.29 is 4.79 Å². The second-order valence-corrected chi connectivity index (χ2v) is 5.51. The zero-order valence-electron chi connectivity index (χ0n) is 12.0. The van der Waals surface area contributed by atoms with Crippen LogP contribution in [0.3, 0.4) is 0 Å². The highest BCUT2D eigenvalue weighted by atomic mass is 32.1. The number of H-pyrrole nitrogens is 1. The van der Waals surface area contributed by atoms with Crippen molar-refractivity contribution in [2.24, 2.45) is 0 Å². The molecular weight excluding hydrogens is 290 g/mol. The van der Waals surface area contributed by atoms with Gasteiger partial charge in [-0.2, -0.15) is 0 Å². The Balaban J connectivity index is 2.19. The van der Waals surface area contributed by atoms with Crippen molar-refractivity contribution in [1.82, 2.24) is 14.7 Å². The zero-order valence-corrected chi connectivity index (χ0v) is 12.8. The molecule has 112 valence electrons. The van der Waals surface area contributed by atoms with Crippen LogP contribution in [0.4, 0.5) is 21.2 Å². The number of pyridine rings is 1. The van der Waals surface area contributed by atoms with Gasteiger partial charge in [-0.15, -0.1) is 0 Å². The number of amides is 2. The molecule has 0 aromatic carbocycles. The van der Waals surface area contributed by atoms with Crippen LogP contribution in [0, 0.1) is 0 Å². The minimum absolute atomic E-state index is 0.187. The van der Waals surface area contributed by atoms with E-state index in [-0.39, 0.29) is 11.2 Å². The van der Waals surface area contributed by atoms with Crippen LogP contribution in [-0.4, -0.2) is 22.4 Å². The molecular formula is C13H17N5O2S. The third kappa shape index (κ3) is 3.60. The van der Waals surface area contributed by atoms with Crippen molar-refractivity contribution >= 4 is 33.9 Å². The fourth-order valence-corrected chi connectivity index (χ4v) is 2.34. The summed E-state index contributed by atoms with van der Waals surface area (Å²) in [6.07, 6.45) is 1.70. The minimum Gasteiger partial charge on any atom is -0.343 e. The smallest absolute Gasteiger partial charge is 0.319 e. The highest BCUT2D eigenvalue weighted by Crippen LogP contribution is 2.26. The van der Waals surface area contributed by atoms with Crippen molar-refractivity contribution in [3.05, 3.63) is 34.4 Å². The molecule has 0 fully saturated rings. The molecule has 2 heterocycles. The number of carbonyl (C=O) groups excluding carboxylic acids is 1. The van der Waals surface area contributed by atoms with Crippen LogP contribution in [0.15, 0.2) is 23.1 Å². The summed E-state index contributed by atoms with van der Waals surface area (Å²) in [6, 6.07) is 3.36. The summed E-state index contributed by atoms with van der Waals surface area (Å²) in [6.45, 7) is 4.14. The van der Waals surface area contributed by atoms with Crippen LogP contribution < -0.4 is 21.5 Å². The summed E-state index contributed by atoms with van der Waals surface area (Å²) in [5.74, 6) is 0.354. The van der Waals surface area contributed by atoms with E-state index in [0.29, 0.717) is 10.9 Å². The fraction of sp³-hybridized carbons (Fsp3) is 0.308. The highest BCUT2D eigenvalue weighted by molar-refractivity contribution is 7.11. The van der Waals surface area contributed by atoms with Gasteiger partial charge in [-0.25, -0.2) is 4.79 Å². The maximum absolute atomic E-state index is 11.7. The van der Waals surface area contributed by atoms with E-state index in [2.05, 4.69) is 39.2 Å². The molecule has 0 unspecified atom stereocenters. The molecule has 0 saturated heterocycles. The lowest BCUT2D eigenvalue weighted by molar-refractivity contribution is 0.254. The largest absolute Gasteiger partial charge is 0.343 e. The predicted octanol–water partition coefficient (Wildman–Crippen LogP) is 2.45. The SMILES string of the molecule is CNC(=O)Nc1c(Nc2ccc(C(C)C)nc2)s[nH]c1=O. The average Bonchev–Trinajstić information content (AvgIpc) is 2.80. The maximum Gasteiger partial charge on any atom is 0.319 e. The van der Waals surface area contributed by atoms with E-state index in [0.717, 1.165) is 22.9 Å². The quantitative estimate of drug-likeness (QED) is 0.697. The van der Waals surface area contributed by atoms with Gasteiger partial charge in [0.2, 0.25) is 0 Å². The molecule has 2 amide bonds. The summed E-state index contributed by atoms with van der Waals surface area (Å²) < 4.78 is 2.58. The number of hydrogen-bond donors (Lipinski definition) is 4. The molecule has 7 nitrogen and oxygen atoms in total. The number of aromatic nitrogens is 2. The molecule has 2 rings (SSSR count). The number of hydrogen-bond acceptors (Lipinski definition) is 5. The Hall–Kier alpha value is -2.35. The van der Waals surface area contributed by atoms with Gasteiger partial charge < -0.3 is 16.0 Å². The molecule has 0 radical (unpaired) electrons. The predicted molar refractivity (Wildman–Crippen MR) is 84.6 cm³/mol. The Kier molecular flexibility index (Phi) is 4.59. The van der Waals surface area contributed by atoms with E-state index in [9.17, 15) is 9.59 Å². The standard InChI is InChI=1S/C13H17N5O2S/c1-7(2)9-5-4-8(6-15-9)16-12-10(11(19)18-21-12)17-13(20)14-3/h4-7,16H,1-3H3,(H,18,19)(H2,14,17,20). The van der Waals surface area contributed by atoms with E-state index < -0.39 is 6.03 Å². The number of carbonyl (C=O) groups is 1. The summed E-state index contributed by atoms with van der Waals surface area (Å²) in [4.78, 5) is 27.4. The molecule has 0 aliphatic carbocycles. The first-order valence-corrected chi connectivity index (χ1v) is 7.26. The molecule has 0 bridgehead atoms. The molecule has 0 saturated carbocycles. The van der Waals surface area contributed by atoms with Gasteiger partial charge in [0.1, 0.15) is 10.7 Å². The lowest BCUT2D eigenvalue weighted by Crippen LogP contribution is -2.27. The van der Waals surface area contributed by atoms with Gasteiger partial charge in [0.25, 0.3) is 5.56 Å². The van der Waals surface area contributed by atoms with Crippen molar-refractivity contribution in [2.45, 2.75) is 19.8 Å². The zero-order chi connectivity index (χ0) is 15.4. The third-order valence-electron chi connectivity index (χ3n) is 2.80. The van der Waals surface area contributed by atoms with E-state index >= 15 is 0 Å². The monoisotopic (exact) mass is 307 g/mol. The van der Waals surface area contributed by atoms with Crippen LogP contribution in [0.25, 0.3) is 0 Å². The number of urea groups is 1. The number of rotatable bonds is 4. The fourth-order valence-electron chi connectivity index (χ4n) is 1.63. The Labute approximate surface area is 126 Å². The number of anilines is 3. The van der Waals surface area contributed by atoms with E-state index in [1.807, 2.05) is 12.1 Å². The Morgan fingerprint density at radius 1 is 1.38 bits per heavy atom. The number of nitrogens with zero attached hydrogens (tertiary/aromatic N) is 1. The molecule has 8 heteroatoms. The summed E-state index contributed by atoms with van der Waals surface area (Å²) in [5, 5.41) is 8.50. The summed E-state index contributed by atoms with van der Waals surface area (Å²) in [7, 11) is 1.48. The van der Waals surface area contributed by atoms with Crippen LogP contribution in [0.5, 0.6) is 0 Å². The Morgan fingerprint density at radius 3 is 2.71 bits per heavy atom. The van der Waals surface area contributed by atoms with E-state index in [1.165, 1.54) is 7.05 Å². The van der Waals surface area contributed by atoms with Gasteiger partial charge in [-0.05, 0) is 29.6 Å². The van der Waals surface area contributed by atoms with Crippen LogP contribution in [-0.2, 0) is 0 Å². The van der Waals surface area contributed by atoms with Crippen molar-refractivity contribution in [1.29, 1.82) is 0 Å². The minimum atomic E-state index is -0.449. The van der Waals surface area contributed by atoms with Crippen LogP contribution in [0.2, 0.25) is 0 Å². The van der Waals surface area contributed by atoms with Crippen molar-refractivity contribution in [2.75, 3.05) is 17.7 Å². The molecule has 21 heavy (non-hydrogen) atoms. The second-order valence-electron chi connectivity index (χ2n) is 4.69. The third-order valence-corrected chi connectivity index (χ3v) is 3.60. The van der Waals surface area contributed by atoms with Gasteiger partial charge in [0.05, 0.1) is 11.9 Å². The van der Waals surface area contributed by atoms with Gasteiger partial charge in [0, 0.05) is 12.7 Å². The first-order valence-electron chi connectivity index (χ1n) is 6.44. The summed E-state index contributed by atoms with van der Waals surface area (Å²) in [5.41, 5.74) is 1.58. The van der Waals surface area contributed by atoms with Crippen LogP contribution >= 0.6 is 11.5 Å². The summed E-state index contributed by atoms with van der Waals surface area (Å²) >= 11 is 1.12. The lowest BCUT2D eigenvalue weighted by Gasteiger charge is -2.08. The first-order chi connectivity index (χ1) is 10.0. The van der Waals surface area contributed by atoms with Crippen molar-refractivity contribution in [3.63, 3.8) is 0 Å². The topological polar surface area (TPSA) is 98.9 Å². The number of aromatic amines is 1. The highest BCUT2D eigenvalue weighted by Gasteiger charge is 2.13. The maximum atomic E-state index is 11.7. The molecule has 0 spiro atoms. The molecule has 0 aliphatic heterocycles. The molecule has 4 N–H and O–H groups in total. The van der Waals surface area contributed by atoms with Crippen molar-refractivity contribution in [3.8, 4) is 0 Å². The van der Waals surface area contributed by atoms with E-state index in [4.69, 9.17) is 0 Å². The normalized spacial score (nSPS) is 10.5. The molecule has 0 aliphatic rings. The van der Waals surface area contributed by atoms with Gasteiger partial charge >= 0.3 is 6.03 Å². The Bertz CT molecular complexity index is 675. The molecule has 2 aromatic rings. The van der Waals surface area contributed by atoms with Gasteiger partial charge in [0.15, 0.2) is 0 Å². The molecule has 0 atom stereocenters.